The standard InChI is InChI=1S/C10H18N2O3/c11-6-8(13)12-7-10(9(14)15)4-2-1-3-5-10/h1-7,11H2,(H,12,13)(H,14,15). The van der Waals surface area contributed by atoms with Gasteiger partial charge in [-0.1, -0.05) is 19.3 Å². The van der Waals surface area contributed by atoms with Crippen molar-refractivity contribution in [2.24, 2.45) is 11.1 Å². The Kier molecular flexibility index (Phi) is 4.08. The molecule has 4 N–H and O–H groups in total. The van der Waals surface area contributed by atoms with Crippen LogP contribution in [0.15, 0.2) is 0 Å². The van der Waals surface area contributed by atoms with Crippen molar-refractivity contribution in [3.63, 3.8) is 0 Å². The van der Waals surface area contributed by atoms with Crippen molar-refractivity contribution >= 4 is 11.9 Å². The molecule has 0 atom stereocenters. The topological polar surface area (TPSA) is 92.4 Å². The van der Waals surface area contributed by atoms with Gasteiger partial charge < -0.3 is 16.2 Å². The molecule has 0 aromatic heterocycles. The van der Waals surface area contributed by atoms with Crippen molar-refractivity contribution in [2.45, 2.75) is 32.1 Å². The fourth-order valence-electron chi connectivity index (χ4n) is 2.03. The van der Waals surface area contributed by atoms with Gasteiger partial charge in [-0.2, -0.15) is 0 Å². The molecule has 0 bridgehead atoms. The quantitative estimate of drug-likeness (QED) is 0.618. The number of carboxylic acid groups (broad SMARTS) is 1. The highest BCUT2D eigenvalue weighted by Crippen LogP contribution is 2.35. The lowest BCUT2D eigenvalue weighted by Crippen LogP contribution is -2.45. The average Bonchev–Trinajstić information content (AvgIpc) is 2.27. The summed E-state index contributed by atoms with van der Waals surface area (Å²) in [5, 5.41) is 11.8. The Labute approximate surface area is 89.0 Å². The Hall–Kier alpha value is -1.10. The Balaban J connectivity index is 2.57. The molecule has 0 aromatic rings. The molecule has 0 radical (unpaired) electrons. The molecule has 0 aromatic carbocycles. The van der Waals surface area contributed by atoms with Crippen molar-refractivity contribution in [1.82, 2.24) is 5.32 Å². The van der Waals surface area contributed by atoms with E-state index in [-0.39, 0.29) is 19.0 Å². The summed E-state index contributed by atoms with van der Waals surface area (Å²) in [5.41, 5.74) is 4.39. The van der Waals surface area contributed by atoms with E-state index < -0.39 is 11.4 Å². The minimum absolute atomic E-state index is 0.0876. The van der Waals surface area contributed by atoms with Crippen LogP contribution in [0.25, 0.3) is 0 Å². The molecule has 5 heteroatoms. The minimum Gasteiger partial charge on any atom is -0.481 e. The molecule has 0 unspecified atom stereocenters. The van der Waals surface area contributed by atoms with Gasteiger partial charge in [-0.3, -0.25) is 9.59 Å². The van der Waals surface area contributed by atoms with Gasteiger partial charge in [0.05, 0.1) is 12.0 Å². The van der Waals surface area contributed by atoms with Gasteiger partial charge in [0, 0.05) is 6.54 Å². The lowest BCUT2D eigenvalue weighted by atomic mass is 9.74. The molecule has 1 rings (SSSR count). The lowest BCUT2D eigenvalue weighted by Gasteiger charge is -2.33. The predicted octanol–water partition coefficient (Wildman–Crippen LogP) is 0.0964. The number of aliphatic carboxylic acids is 1. The van der Waals surface area contributed by atoms with Gasteiger partial charge in [0.1, 0.15) is 0 Å². The molecule has 1 aliphatic carbocycles. The van der Waals surface area contributed by atoms with E-state index in [0.29, 0.717) is 12.8 Å². The number of nitrogens with one attached hydrogen (secondary N) is 1. The molecule has 5 nitrogen and oxygen atoms in total. The van der Waals surface area contributed by atoms with E-state index in [2.05, 4.69) is 5.32 Å². The number of hydrogen-bond donors (Lipinski definition) is 3. The second kappa shape index (κ2) is 5.11. The highest BCUT2D eigenvalue weighted by atomic mass is 16.4. The highest BCUT2D eigenvalue weighted by Gasteiger charge is 2.39. The first-order valence-corrected chi connectivity index (χ1v) is 5.31. The summed E-state index contributed by atoms with van der Waals surface area (Å²) in [6.45, 7) is 0.119. The van der Waals surface area contributed by atoms with Crippen molar-refractivity contribution < 1.29 is 14.7 Å². The van der Waals surface area contributed by atoms with E-state index >= 15 is 0 Å². The van der Waals surface area contributed by atoms with Gasteiger partial charge in [0.25, 0.3) is 0 Å². The highest BCUT2D eigenvalue weighted by molar-refractivity contribution is 5.80. The van der Waals surface area contributed by atoms with E-state index in [1.165, 1.54) is 0 Å². The van der Waals surface area contributed by atoms with E-state index in [4.69, 9.17) is 5.73 Å². The molecule has 1 amide bonds. The number of amides is 1. The van der Waals surface area contributed by atoms with Crippen molar-refractivity contribution in [2.75, 3.05) is 13.1 Å². The molecule has 0 saturated heterocycles. The molecular weight excluding hydrogens is 196 g/mol. The molecular formula is C10H18N2O3. The number of carbonyl (C=O) groups is 2. The third-order valence-electron chi connectivity index (χ3n) is 3.07. The summed E-state index contributed by atoms with van der Waals surface area (Å²) in [6, 6.07) is 0. The maximum Gasteiger partial charge on any atom is 0.311 e. The van der Waals surface area contributed by atoms with E-state index in [1.54, 1.807) is 0 Å². The molecule has 1 fully saturated rings. The smallest absolute Gasteiger partial charge is 0.311 e. The van der Waals surface area contributed by atoms with Crippen LogP contribution in [0.5, 0.6) is 0 Å². The van der Waals surface area contributed by atoms with Gasteiger partial charge in [-0.15, -0.1) is 0 Å². The largest absolute Gasteiger partial charge is 0.481 e. The minimum atomic E-state index is -0.806. The van der Waals surface area contributed by atoms with Crippen molar-refractivity contribution in [3.8, 4) is 0 Å². The summed E-state index contributed by atoms with van der Waals surface area (Å²) in [5.74, 6) is -1.10. The summed E-state index contributed by atoms with van der Waals surface area (Å²) < 4.78 is 0. The van der Waals surface area contributed by atoms with Crippen LogP contribution < -0.4 is 11.1 Å². The second-order valence-electron chi connectivity index (χ2n) is 4.13. The Bertz CT molecular complexity index is 247. The average molecular weight is 214 g/mol. The molecule has 15 heavy (non-hydrogen) atoms. The van der Waals surface area contributed by atoms with E-state index in [0.717, 1.165) is 19.3 Å². The molecule has 1 saturated carbocycles. The van der Waals surface area contributed by atoms with Crippen molar-refractivity contribution in [3.05, 3.63) is 0 Å². The monoisotopic (exact) mass is 214 g/mol. The predicted molar refractivity (Wildman–Crippen MR) is 55.2 cm³/mol. The van der Waals surface area contributed by atoms with Crippen LogP contribution in [0.4, 0.5) is 0 Å². The molecule has 0 heterocycles. The number of carbonyl (C=O) groups excluding carboxylic acids is 1. The third kappa shape index (κ3) is 2.92. The first-order valence-electron chi connectivity index (χ1n) is 5.31. The van der Waals surface area contributed by atoms with E-state index in [1.807, 2.05) is 0 Å². The first kappa shape index (κ1) is 12.0. The van der Waals surface area contributed by atoms with Crippen LogP contribution in [0.2, 0.25) is 0 Å². The maximum absolute atomic E-state index is 11.2. The number of hydrogen-bond acceptors (Lipinski definition) is 3. The van der Waals surface area contributed by atoms with Crippen LogP contribution in [-0.4, -0.2) is 30.1 Å². The fraction of sp³-hybridized carbons (Fsp3) is 0.800. The summed E-state index contributed by atoms with van der Waals surface area (Å²) in [4.78, 5) is 22.2. The normalized spacial score (nSPS) is 19.5. The molecule has 0 spiro atoms. The number of carboxylic acids is 1. The first-order chi connectivity index (χ1) is 7.10. The zero-order chi connectivity index (χ0) is 11.3. The van der Waals surface area contributed by atoms with Crippen molar-refractivity contribution in [1.29, 1.82) is 0 Å². The number of rotatable bonds is 4. The van der Waals surface area contributed by atoms with Crippen LogP contribution in [0.3, 0.4) is 0 Å². The van der Waals surface area contributed by atoms with Gasteiger partial charge in [-0.25, -0.2) is 0 Å². The van der Waals surface area contributed by atoms with Gasteiger partial charge in [-0.05, 0) is 12.8 Å². The van der Waals surface area contributed by atoms with E-state index in [9.17, 15) is 14.7 Å². The zero-order valence-corrected chi connectivity index (χ0v) is 8.79. The Morgan fingerprint density at radius 1 is 1.27 bits per heavy atom. The summed E-state index contributed by atoms with van der Waals surface area (Å²) in [7, 11) is 0. The van der Waals surface area contributed by atoms with Crippen LogP contribution in [0.1, 0.15) is 32.1 Å². The van der Waals surface area contributed by atoms with Crippen LogP contribution >= 0.6 is 0 Å². The third-order valence-corrected chi connectivity index (χ3v) is 3.07. The summed E-state index contributed by atoms with van der Waals surface area (Å²) in [6.07, 6.45) is 4.22. The van der Waals surface area contributed by atoms with Crippen LogP contribution in [-0.2, 0) is 9.59 Å². The fourth-order valence-corrected chi connectivity index (χ4v) is 2.03. The molecule has 86 valence electrons. The van der Waals surface area contributed by atoms with Gasteiger partial charge in [0.15, 0.2) is 0 Å². The summed E-state index contributed by atoms with van der Waals surface area (Å²) >= 11 is 0. The molecule has 1 aliphatic rings. The molecule has 0 aliphatic heterocycles. The second-order valence-corrected chi connectivity index (χ2v) is 4.13. The SMILES string of the molecule is NCC(=O)NCC1(C(=O)O)CCCCC1. The maximum atomic E-state index is 11.2. The van der Waals surface area contributed by atoms with Gasteiger partial charge >= 0.3 is 5.97 Å². The Morgan fingerprint density at radius 3 is 2.33 bits per heavy atom. The zero-order valence-electron chi connectivity index (χ0n) is 8.79. The lowest BCUT2D eigenvalue weighted by molar-refractivity contribution is -0.151. The number of nitrogens with two attached hydrogens (primary N) is 1. The van der Waals surface area contributed by atoms with Crippen LogP contribution in [0, 0.1) is 5.41 Å². The Morgan fingerprint density at radius 2 is 1.87 bits per heavy atom. The van der Waals surface area contributed by atoms with Gasteiger partial charge in [0.2, 0.25) is 5.91 Å².